The van der Waals surface area contributed by atoms with Crippen molar-refractivity contribution in [1.82, 2.24) is 9.55 Å². The second-order valence-electron chi connectivity index (χ2n) is 4.66. The Morgan fingerprint density at radius 3 is 2.89 bits per heavy atom. The molecule has 19 heavy (non-hydrogen) atoms. The summed E-state index contributed by atoms with van der Waals surface area (Å²) in [6.07, 6.45) is 3.03. The molecule has 2 rings (SSSR count). The zero-order valence-electron chi connectivity index (χ0n) is 11.1. The predicted octanol–water partition coefficient (Wildman–Crippen LogP) is 1.83. The lowest BCUT2D eigenvalue weighted by atomic mass is 10.3. The van der Waals surface area contributed by atoms with Crippen LogP contribution in [0.3, 0.4) is 0 Å². The first-order valence-corrected chi connectivity index (χ1v) is 6.94. The molecule has 0 unspecified atom stereocenters. The van der Waals surface area contributed by atoms with Gasteiger partial charge in [0.05, 0.1) is 13.2 Å². The molecule has 0 atom stereocenters. The zero-order chi connectivity index (χ0) is 13.7. The quantitative estimate of drug-likeness (QED) is 0.540. The van der Waals surface area contributed by atoms with Crippen LogP contribution < -0.4 is 5.56 Å². The molecule has 1 aliphatic rings. The molecule has 0 saturated heterocycles. The van der Waals surface area contributed by atoms with Crippen molar-refractivity contribution in [2.75, 3.05) is 26.9 Å². The summed E-state index contributed by atoms with van der Waals surface area (Å²) >= 11 is 5.84. The first-order valence-electron chi connectivity index (χ1n) is 6.56. The van der Waals surface area contributed by atoms with Crippen molar-refractivity contribution < 1.29 is 9.47 Å². The summed E-state index contributed by atoms with van der Waals surface area (Å²) in [6, 6.07) is 1.36. The SMILES string of the molecule is COCCCOCCn1c(C2CC2)nc(Cl)cc1=O. The predicted molar refractivity (Wildman–Crippen MR) is 72.8 cm³/mol. The van der Waals surface area contributed by atoms with Gasteiger partial charge in [0, 0.05) is 32.3 Å². The monoisotopic (exact) mass is 286 g/mol. The van der Waals surface area contributed by atoms with E-state index in [0.29, 0.717) is 32.3 Å². The Kier molecular flexibility index (Phi) is 5.36. The number of ether oxygens (including phenoxy) is 2. The van der Waals surface area contributed by atoms with E-state index in [9.17, 15) is 4.79 Å². The molecule has 1 aromatic heterocycles. The minimum atomic E-state index is -0.0950. The van der Waals surface area contributed by atoms with Gasteiger partial charge >= 0.3 is 0 Å². The molecule has 1 fully saturated rings. The third kappa shape index (κ3) is 4.30. The lowest BCUT2D eigenvalue weighted by Crippen LogP contribution is -2.26. The molecule has 1 aromatic rings. The fourth-order valence-electron chi connectivity index (χ4n) is 1.94. The van der Waals surface area contributed by atoms with Gasteiger partial charge in [0.1, 0.15) is 11.0 Å². The normalized spacial score (nSPS) is 14.8. The van der Waals surface area contributed by atoms with Crippen LogP contribution in [0, 0.1) is 0 Å². The van der Waals surface area contributed by atoms with Crippen molar-refractivity contribution in [3.8, 4) is 0 Å². The van der Waals surface area contributed by atoms with Gasteiger partial charge in [-0.3, -0.25) is 9.36 Å². The molecule has 0 aromatic carbocycles. The van der Waals surface area contributed by atoms with Crippen molar-refractivity contribution >= 4 is 11.6 Å². The Balaban J connectivity index is 1.90. The number of methoxy groups -OCH3 is 1. The minimum Gasteiger partial charge on any atom is -0.385 e. The van der Waals surface area contributed by atoms with Gasteiger partial charge in [-0.05, 0) is 19.3 Å². The van der Waals surface area contributed by atoms with Crippen LogP contribution in [0.4, 0.5) is 0 Å². The van der Waals surface area contributed by atoms with E-state index in [2.05, 4.69) is 4.98 Å². The van der Waals surface area contributed by atoms with Crippen molar-refractivity contribution in [1.29, 1.82) is 0 Å². The molecule has 0 aliphatic heterocycles. The lowest BCUT2D eigenvalue weighted by Gasteiger charge is -2.11. The second kappa shape index (κ2) is 7.03. The summed E-state index contributed by atoms with van der Waals surface area (Å²) in [4.78, 5) is 16.2. The topological polar surface area (TPSA) is 53.4 Å². The molecule has 5 nitrogen and oxygen atoms in total. The van der Waals surface area contributed by atoms with Gasteiger partial charge in [-0.2, -0.15) is 0 Å². The van der Waals surface area contributed by atoms with E-state index in [0.717, 1.165) is 25.1 Å². The molecule has 1 saturated carbocycles. The second-order valence-corrected chi connectivity index (χ2v) is 5.05. The molecule has 1 aliphatic carbocycles. The van der Waals surface area contributed by atoms with Crippen molar-refractivity contribution in [3.05, 3.63) is 27.4 Å². The van der Waals surface area contributed by atoms with E-state index in [1.807, 2.05) is 0 Å². The van der Waals surface area contributed by atoms with E-state index in [-0.39, 0.29) is 10.7 Å². The van der Waals surface area contributed by atoms with Crippen LogP contribution in [-0.2, 0) is 16.0 Å². The molecular formula is C13H19ClN2O3. The highest BCUT2D eigenvalue weighted by molar-refractivity contribution is 6.29. The third-order valence-corrected chi connectivity index (χ3v) is 3.24. The first-order chi connectivity index (χ1) is 9.22. The van der Waals surface area contributed by atoms with E-state index in [1.54, 1.807) is 11.7 Å². The van der Waals surface area contributed by atoms with Gasteiger partial charge in [0.25, 0.3) is 5.56 Å². The van der Waals surface area contributed by atoms with Gasteiger partial charge in [0.2, 0.25) is 0 Å². The fraction of sp³-hybridized carbons (Fsp3) is 0.692. The van der Waals surface area contributed by atoms with Crippen molar-refractivity contribution in [3.63, 3.8) is 0 Å². The van der Waals surface area contributed by atoms with Gasteiger partial charge in [0.15, 0.2) is 0 Å². The van der Waals surface area contributed by atoms with Crippen molar-refractivity contribution in [2.24, 2.45) is 0 Å². The fourth-order valence-corrected chi connectivity index (χ4v) is 2.12. The summed E-state index contributed by atoms with van der Waals surface area (Å²) in [6.45, 7) is 2.37. The van der Waals surface area contributed by atoms with Gasteiger partial charge in [-0.15, -0.1) is 0 Å². The number of rotatable bonds is 8. The van der Waals surface area contributed by atoms with E-state index < -0.39 is 0 Å². The third-order valence-electron chi connectivity index (χ3n) is 3.05. The molecule has 1 heterocycles. The number of aromatic nitrogens is 2. The maximum absolute atomic E-state index is 11.9. The van der Waals surface area contributed by atoms with Gasteiger partial charge in [-0.25, -0.2) is 4.98 Å². The average molecular weight is 287 g/mol. The first kappa shape index (κ1) is 14.5. The van der Waals surface area contributed by atoms with Crippen LogP contribution >= 0.6 is 11.6 Å². The van der Waals surface area contributed by atoms with Crippen molar-refractivity contribution in [2.45, 2.75) is 31.7 Å². The maximum Gasteiger partial charge on any atom is 0.255 e. The molecular weight excluding hydrogens is 268 g/mol. The van der Waals surface area contributed by atoms with E-state index >= 15 is 0 Å². The number of hydrogen-bond donors (Lipinski definition) is 0. The highest BCUT2D eigenvalue weighted by Crippen LogP contribution is 2.38. The van der Waals surface area contributed by atoms with Crippen LogP contribution in [0.15, 0.2) is 10.9 Å². The summed E-state index contributed by atoms with van der Waals surface area (Å²) in [5.74, 6) is 1.19. The molecule has 0 N–H and O–H groups in total. The number of nitrogens with zero attached hydrogens (tertiary/aromatic N) is 2. The Bertz CT molecular complexity index is 471. The lowest BCUT2D eigenvalue weighted by molar-refractivity contribution is 0.0966. The van der Waals surface area contributed by atoms with Crippen LogP contribution in [0.25, 0.3) is 0 Å². The molecule has 0 bridgehead atoms. The standard InChI is InChI=1S/C13H19ClN2O3/c1-18-6-2-7-19-8-5-16-12(17)9-11(14)15-13(16)10-3-4-10/h9-10H,2-8H2,1H3. The molecule has 106 valence electrons. The number of halogens is 1. The molecule has 6 heteroatoms. The largest absolute Gasteiger partial charge is 0.385 e. The van der Waals surface area contributed by atoms with E-state index in [1.165, 1.54) is 6.07 Å². The van der Waals surface area contributed by atoms with Crippen LogP contribution in [0.2, 0.25) is 5.15 Å². The maximum atomic E-state index is 11.9. The van der Waals surface area contributed by atoms with Crippen LogP contribution in [0.1, 0.15) is 31.0 Å². The summed E-state index contributed by atoms with van der Waals surface area (Å²) in [5.41, 5.74) is -0.0950. The molecule has 0 amide bonds. The minimum absolute atomic E-state index is 0.0950. The summed E-state index contributed by atoms with van der Waals surface area (Å²) in [5, 5.41) is 0.282. The van der Waals surface area contributed by atoms with Crippen LogP contribution in [0.5, 0.6) is 0 Å². The van der Waals surface area contributed by atoms with Gasteiger partial charge in [-0.1, -0.05) is 11.6 Å². The Hall–Kier alpha value is -0.910. The Morgan fingerprint density at radius 1 is 1.42 bits per heavy atom. The smallest absolute Gasteiger partial charge is 0.255 e. The Morgan fingerprint density at radius 2 is 2.21 bits per heavy atom. The van der Waals surface area contributed by atoms with Crippen LogP contribution in [-0.4, -0.2) is 36.5 Å². The average Bonchev–Trinajstić information content (AvgIpc) is 3.19. The Labute approximate surface area is 117 Å². The summed E-state index contributed by atoms with van der Waals surface area (Å²) < 4.78 is 12.1. The van der Waals surface area contributed by atoms with E-state index in [4.69, 9.17) is 21.1 Å². The van der Waals surface area contributed by atoms with Gasteiger partial charge < -0.3 is 9.47 Å². The highest BCUT2D eigenvalue weighted by atomic mass is 35.5. The highest BCUT2D eigenvalue weighted by Gasteiger charge is 2.28. The zero-order valence-corrected chi connectivity index (χ0v) is 11.9. The summed E-state index contributed by atoms with van der Waals surface area (Å²) in [7, 11) is 1.67. The molecule has 0 spiro atoms. The number of hydrogen-bond acceptors (Lipinski definition) is 4. The molecule has 0 radical (unpaired) electrons.